The third-order valence-corrected chi connectivity index (χ3v) is 1.99. The fraction of sp³-hybridized carbons (Fsp3) is 0.100. The third kappa shape index (κ3) is 4.62. The Labute approximate surface area is 123 Å². The second kappa shape index (κ2) is 6.47. The Balaban J connectivity index is 0.00000200. The minimum Gasteiger partial charge on any atom is -0.406 e. The topological polar surface area (TPSA) is 79.9 Å². The summed E-state index contributed by atoms with van der Waals surface area (Å²) in [4.78, 5) is 11.5. The van der Waals surface area contributed by atoms with Crippen LogP contribution in [0.5, 0.6) is 5.75 Å². The molecule has 0 fully saturated rings. The van der Waals surface area contributed by atoms with Crippen LogP contribution in [0.4, 0.5) is 18.9 Å². The van der Waals surface area contributed by atoms with Gasteiger partial charge in [-0.2, -0.15) is 15.4 Å². The van der Waals surface area contributed by atoms with Gasteiger partial charge >= 0.3 is 6.36 Å². The maximum atomic E-state index is 11.9. The zero-order chi connectivity index (χ0) is 13.9. The van der Waals surface area contributed by atoms with E-state index in [1.807, 2.05) is 0 Å². The molecule has 20 heavy (non-hydrogen) atoms. The zero-order valence-electron chi connectivity index (χ0n) is 9.94. The van der Waals surface area contributed by atoms with Crippen LogP contribution in [-0.4, -0.2) is 27.7 Å². The summed E-state index contributed by atoms with van der Waals surface area (Å²) in [5.41, 5.74) is 0.373. The Morgan fingerprint density at radius 3 is 2.40 bits per heavy atom. The number of amides is 1. The summed E-state index contributed by atoms with van der Waals surface area (Å²) < 4.78 is 39.5. The third-order valence-electron chi connectivity index (χ3n) is 1.99. The van der Waals surface area contributed by atoms with Gasteiger partial charge in [0.2, 0.25) is 0 Å². The molecule has 0 aliphatic heterocycles. The number of H-pyrrole nitrogens is 1. The normalized spacial score (nSPS) is 10.6. The largest absolute Gasteiger partial charge is 0.573 e. The van der Waals surface area contributed by atoms with Crippen LogP contribution in [-0.2, 0) is 19.5 Å². The molecule has 1 heterocycles. The van der Waals surface area contributed by atoms with Crippen molar-refractivity contribution >= 4 is 11.6 Å². The van der Waals surface area contributed by atoms with Crippen molar-refractivity contribution < 1.29 is 42.2 Å². The van der Waals surface area contributed by atoms with Crippen molar-refractivity contribution in [3.8, 4) is 5.75 Å². The van der Waals surface area contributed by atoms with Crippen LogP contribution in [0.3, 0.4) is 0 Å². The molecular formula is C10H7F3N4O2Zn. The van der Waals surface area contributed by atoms with Gasteiger partial charge in [-0.25, -0.2) is 0 Å². The molecule has 0 spiro atoms. The van der Waals surface area contributed by atoms with Crippen molar-refractivity contribution in [2.45, 2.75) is 6.36 Å². The van der Waals surface area contributed by atoms with E-state index < -0.39 is 12.3 Å². The van der Waals surface area contributed by atoms with E-state index in [9.17, 15) is 18.0 Å². The summed E-state index contributed by atoms with van der Waals surface area (Å²) in [5.74, 6) is -0.898. The number of benzene rings is 1. The summed E-state index contributed by atoms with van der Waals surface area (Å²) in [6.07, 6.45) is -3.53. The number of carbonyl (C=O) groups excluding carboxylic acids is 1. The predicted octanol–water partition coefficient (Wildman–Crippen LogP) is 1.95. The molecule has 0 atom stereocenters. The predicted molar refractivity (Wildman–Crippen MR) is 57.5 cm³/mol. The summed E-state index contributed by atoms with van der Waals surface area (Å²) in [7, 11) is 0. The van der Waals surface area contributed by atoms with Crippen molar-refractivity contribution in [1.82, 2.24) is 15.4 Å². The second-order valence-corrected chi connectivity index (χ2v) is 3.38. The molecule has 0 aliphatic carbocycles. The van der Waals surface area contributed by atoms with E-state index >= 15 is 0 Å². The molecule has 2 aromatic rings. The summed E-state index contributed by atoms with van der Waals surface area (Å²) in [6.45, 7) is 0. The molecule has 0 saturated carbocycles. The van der Waals surface area contributed by atoms with Crippen molar-refractivity contribution in [2.24, 2.45) is 0 Å². The molecule has 102 valence electrons. The van der Waals surface area contributed by atoms with E-state index in [1.165, 1.54) is 18.3 Å². The molecule has 6 nitrogen and oxygen atoms in total. The van der Waals surface area contributed by atoms with Gasteiger partial charge in [0, 0.05) is 25.2 Å². The van der Waals surface area contributed by atoms with E-state index in [4.69, 9.17) is 0 Å². The average Bonchev–Trinajstić information content (AvgIpc) is 2.83. The SMILES string of the molecule is O=C(Nc1ccc(OC(F)(F)F)cc1)c1cn[nH]n1.[Zn]. The number of carbonyl (C=O) groups is 1. The van der Waals surface area contributed by atoms with Crippen LogP contribution in [0.1, 0.15) is 10.5 Å². The number of nitrogens with zero attached hydrogens (tertiary/aromatic N) is 2. The molecule has 0 radical (unpaired) electrons. The van der Waals surface area contributed by atoms with Gasteiger partial charge in [0.1, 0.15) is 5.75 Å². The monoisotopic (exact) mass is 336 g/mol. The molecule has 2 rings (SSSR count). The van der Waals surface area contributed by atoms with E-state index in [0.717, 1.165) is 12.1 Å². The first kappa shape index (κ1) is 16.1. The Hall–Kier alpha value is -1.96. The Kier molecular flexibility index (Phi) is 5.21. The number of hydrogen-bond acceptors (Lipinski definition) is 4. The van der Waals surface area contributed by atoms with Crippen LogP contribution >= 0.6 is 0 Å². The molecule has 1 aromatic heterocycles. The number of halogens is 3. The minimum atomic E-state index is -4.74. The summed E-state index contributed by atoms with van der Waals surface area (Å²) in [6, 6.07) is 4.73. The number of alkyl halides is 3. The Morgan fingerprint density at radius 2 is 1.90 bits per heavy atom. The van der Waals surface area contributed by atoms with Crippen LogP contribution in [0.15, 0.2) is 30.5 Å². The number of nitrogens with one attached hydrogen (secondary N) is 2. The number of hydrogen-bond donors (Lipinski definition) is 2. The number of aromatic amines is 1. The molecule has 0 aliphatic rings. The first-order valence-electron chi connectivity index (χ1n) is 4.97. The van der Waals surface area contributed by atoms with Crippen LogP contribution in [0.2, 0.25) is 0 Å². The number of ether oxygens (including phenoxy) is 1. The van der Waals surface area contributed by atoms with Gasteiger partial charge in [0.25, 0.3) is 5.91 Å². The Bertz CT molecular complexity index is 557. The van der Waals surface area contributed by atoms with Crippen molar-refractivity contribution in [3.63, 3.8) is 0 Å². The number of aromatic nitrogens is 3. The molecule has 1 aromatic carbocycles. The van der Waals surface area contributed by atoms with Crippen molar-refractivity contribution in [2.75, 3.05) is 5.32 Å². The van der Waals surface area contributed by atoms with Crippen LogP contribution in [0, 0.1) is 0 Å². The van der Waals surface area contributed by atoms with Gasteiger partial charge in [0.15, 0.2) is 5.69 Å². The fourth-order valence-electron chi connectivity index (χ4n) is 1.25. The molecule has 2 N–H and O–H groups in total. The van der Waals surface area contributed by atoms with Gasteiger partial charge in [0.05, 0.1) is 6.20 Å². The van der Waals surface area contributed by atoms with Gasteiger partial charge in [-0.3, -0.25) is 4.79 Å². The van der Waals surface area contributed by atoms with E-state index in [2.05, 4.69) is 25.5 Å². The molecule has 0 saturated heterocycles. The molecular weight excluding hydrogens is 331 g/mol. The maximum Gasteiger partial charge on any atom is 0.573 e. The van der Waals surface area contributed by atoms with Crippen LogP contribution in [0.25, 0.3) is 0 Å². The summed E-state index contributed by atoms with van der Waals surface area (Å²) >= 11 is 0. The molecule has 0 unspecified atom stereocenters. The fourth-order valence-corrected chi connectivity index (χ4v) is 1.25. The number of anilines is 1. The molecule has 1 amide bonds. The first-order valence-corrected chi connectivity index (χ1v) is 4.97. The summed E-state index contributed by atoms with van der Waals surface area (Å²) in [5, 5.41) is 11.7. The maximum absolute atomic E-state index is 11.9. The Morgan fingerprint density at radius 1 is 1.25 bits per heavy atom. The molecule has 0 bridgehead atoms. The van der Waals surface area contributed by atoms with Gasteiger partial charge < -0.3 is 10.1 Å². The van der Waals surface area contributed by atoms with E-state index in [1.54, 1.807) is 0 Å². The smallest absolute Gasteiger partial charge is 0.406 e. The molecule has 10 heteroatoms. The van der Waals surface area contributed by atoms with E-state index in [0.29, 0.717) is 5.69 Å². The first-order chi connectivity index (χ1) is 8.94. The second-order valence-electron chi connectivity index (χ2n) is 3.38. The standard InChI is InChI=1S/C10H7F3N4O2.Zn/c11-10(12,13)19-7-3-1-6(2-4-7)15-9(18)8-5-14-17-16-8;/h1-5H,(H,15,18)(H,14,16,17);. The average molecular weight is 338 g/mol. The zero-order valence-corrected chi connectivity index (χ0v) is 12.9. The van der Waals surface area contributed by atoms with Crippen molar-refractivity contribution in [3.05, 3.63) is 36.2 Å². The van der Waals surface area contributed by atoms with Crippen LogP contribution < -0.4 is 10.1 Å². The van der Waals surface area contributed by atoms with E-state index in [-0.39, 0.29) is 30.9 Å². The number of rotatable bonds is 3. The van der Waals surface area contributed by atoms with Gasteiger partial charge in [-0.05, 0) is 24.3 Å². The van der Waals surface area contributed by atoms with Gasteiger partial charge in [-0.1, -0.05) is 0 Å². The van der Waals surface area contributed by atoms with Crippen molar-refractivity contribution in [1.29, 1.82) is 0 Å². The van der Waals surface area contributed by atoms with Gasteiger partial charge in [-0.15, -0.1) is 13.2 Å². The quantitative estimate of drug-likeness (QED) is 0.839. The minimum absolute atomic E-state index is 0.